The SMILES string of the molecule is CC(C)(C)c1cccc2c1oc1c3c(ccc12)C(C)(C)c1cc(N(c2ccc(-c4ccccc4)cc2)c2cccc4oc5ccccc5c24)ccc1-3. The van der Waals surface area contributed by atoms with E-state index >= 15 is 0 Å². The fourth-order valence-corrected chi connectivity index (χ4v) is 8.60. The van der Waals surface area contributed by atoms with Crippen LogP contribution >= 0.6 is 0 Å². The van der Waals surface area contributed by atoms with Crippen LogP contribution in [0.3, 0.4) is 0 Å². The summed E-state index contributed by atoms with van der Waals surface area (Å²) in [6.07, 6.45) is 0. The Morgan fingerprint density at radius 2 is 1.19 bits per heavy atom. The first-order valence-corrected chi connectivity index (χ1v) is 18.2. The summed E-state index contributed by atoms with van der Waals surface area (Å²) in [6, 6.07) is 52.4. The van der Waals surface area contributed by atoms with Crippen molar-refractivity contribution in [1.29, 1.82) is 0 Å². The number of fused-ring (bicyclic) bond motifs is 10. The third-order valence-electron chi connectivity index (χ3n) is 11.2. The number of rotatable bonds is 4. The van der Waals surface area contributed by atoms with E-state index in [9.17, 15) is 0 Å². The lowest BCUT2D eigenvalue weighted by molar-refractivity contribution is 0.573. The summed E-state index contributed by atoms with van der Waals surface area (Å²) >= 11 is 0. The van der Waals surface area contributed by atoms with Crippen molar-refractivity contribution in [1.82, 2.24) is 0 Å². The molecule has 1 aliphatic carbocycles. The fraction of sp³-hybridized carbons (Fsp3) is 0.143. The molecule has 0 unspecified atom stereocenters. The Morgan fingerprint density at radius 3 is 2.00 bits per heavy atom. The van der Waals surface area contributed by atoms with Gasteiger partial charge in [0.15, 0.2) is 0 Å². The maximum Gasteiger partial charge on any atom is 0.143 e. The van der Waals surface area contributed by atoms with Gasteiger partial charge in [-0.25, -0.2) is 0 Å². The molecule has 3 nitrogen and oxygen atoms in total. The average Bonchev–Trinajstić information content (AvgIpc) is 3.80. The Hall–Kier alpha value is -6.06. The second kappa shape index (κ2) is 11.0. The molecular formula is C49H39NO2. The molecule has 0 saturated carbocycles. The zero-order valence-corrected chi connectivity index (χ0v) is 30.1. The molecular weight excluding hydrogens is 635 g/mol. The van der Waals surface area contributed by atoms with Crippen LogP contribution in [-0.2, 0) is 10.8 Å². The summed E-state index contributed by atoms with van der Waals surface area (Å²) in [5.41, 5.74) is 15.4. The summed E-state index contributed by atoms with van der Waals surface area (Å²) in [5, 5.41) is 4.56. The van der Waals surface area contributed by atoms with Gasteiger partial charge < -0.3 is 13.7 Å². The molecule has 10 rings (SSSR count). The first-order chi connectivity index (χ1) is 25.2. The van der Waals surface area contributed by atoms with Gasteiger partial charge in [-0.05, 0) is 75.7 Å². The highest BCUT2D eigenvalue weighted by atomic mass is 16.3. The third kappa shape index (κ3) is 4.45. The highest BCUT2D eigenvalue weighted by Crippen LogP contribution is 2.55. The molecule has 0 aliphatic heterocycles. The van der Waals surface area contributed by atoms with Crippen molar-refractivity contribution in [3.63, 3.8) is 0 Å². The highest BCUT2D eigenvalue weighted by molar-refractivity contribution is 6.14. The van der Waals surface area contributed by atoms with Crippen LogP contribution in [-0.4, -0.2) is 0 Å². The number of para-hydroxylation sites is 2. The minimum absolute atomic E-state index is 0.0332. The van der Waals surface area contributed by atoms with Crippen LogP contribution in [0.1, 0.15) is 51.3 Å². The quantitative estimate of drug-likeness (QED) is 0.186. The van der Waals surface area contributed by atoms with E-state index < -0.39 is 0 Å². The van der Waals surface area contributed by atoms with E-state index in [1.165, 1.54) is 49.7 Å². The Balaban J connectivity index is 1.19. The molecule has 52 heavy (non-hydrogen) atoms. The molecule has 252 valence electrons. The van der Waals surface area contributed by atoms with Gasteiger partial charge in [-0.3, -0.25) is 0 Å². The van der Waals surface area contributed by atoms with Gasteiger partial charge in [0.1, 0.15) is 22.3 Å². The molecule has 7 aromatic carbocycles. The predicted molar refractivity (Wildman–Crippen MR) is 217 cm³/mol. The molecule has 1 aliphatic rings. The predicted octanol–water partition coefficient (Wildman–Crippen LogP) is 14.2. The minimum Gasteiger partial charge on any atom is -0.456 e. The van der Waals surface area contributed by atoms with E-state index in [0.717, 1.165) is 50.2 Å². The van der Waals surface area contributed by atoms with Crippen molar-refractivity contribution in [3.05, 3.63) is 162 Å². The number of hydrogen-bond donors (Lipinski definition) is 0. The van der Waals surface area contributed by atoms with E-state index in [0.29, 0.717) is 0 Å². The van der Waals surface area contributed by atoms with E-state index in [2.05, 4.69) is 179 Å². The number of nitrogens with zero attached hydrogens (tertiary/aromatic N) is 1. The average molecular weight is 674 g/mol. The Labute approximate surface area is 303 Å². The van der Waals surface area contributed by atoms with Crippen molar-refractivity contribution in [3.8, 4) is 22.3 Å². The minimum atomic E-state index is -0.238. The molecule has 2 aromatic heterocycles. The normalized spacial score (nSPS) is 13.6. The lowest BCUT2D eigenvalue weighted by atomic mass is 9.82. The molecule has 0 N–H and O–H groups in total. The fourth-order valence-electron chi connectivity index (χ4n) is 8.60. The molecule has 2 heterocycles. The van der Waals surface area contributed by atoms with E-state index in [-0.39, 0.29) is 10.8 Å². The maximum absolute atomic E-state index is 6.93. The highest BCUT2D eigenvalue weighted by Gasteiger charge is 2.39. The zero-order chi connectivity index (χ0) is 35.4. The van der Waals surface area contributed by atoms with Crippen molar-refractivity contribution in [2.45, 2.75) is 45.4 Å². The number of furan rings is 2. The zero-order valence-electron chi connectivity index (χ0n) is 30.1. The van der Waals surface area contributed by atoms with Gasteiger partial charge in [0, 0.05) is 44.1 Å². The molecule has 0 amide bonds. The largest absolute Gasteiger partial charge is 0.456 e. The monoisotopic (exact) mass is 673 g/mol. The van der Waals surface area contributed by atoms with Crippen LogP contribution in [0.4, 0.5) is 17.1 Å². The molecule has 9 aromatic rings. The van der Waals surface area contributed by atoms with Crippen LogP contribution in [0.25, 0.3) is 66.1 Å². The molecule has 0 fully saturated rings. The number of benzene rings is 7. The lowest BCUT2D eigenvalue weighted by Gasteiger charge is -2.28. The summed E-state index contributed by atoms with van der Waals surface area (Å²) in [4.78, 5) is 2.39. The lowest BCUT2D eigenvalue weighted by Crippen LogP contribution is -2.16. The summed E-state index contributed by atoms with van der Waals surface area (Å²) in [5.74, 6) is 0. The van der Waals surface area contributed by atoms with Crippen LogP contribution < -0.4 is 4.90 Å². The van der Waals surface area contributed by atoms with Gasteiger partial charge in [-0.2, -0.15) is 0 Å². The van der Waals surface area contributed by atoms with E-state index in [4.69, 9.17) is 8.83 Å². The van der Waals surface area contributed by atoms with Crippen molar-refractivity contribution in [2.24, 2.45) is 0 Å². The van der Waals surface area contributed by atoms with Crippen molar-refractivity contribution >= 4 is 60.9 Å². The molecule has 0 saturated heterocycles. The summed E-state index contributed by atoms with van der Waals surface area (Å²) in [7, 11) is 0. The second-order valence-electron chi connectivity index (χ2n) is 15.8. The topological polar surface area (TPSA) is 29.5 Å². The standard InChI is InChI=1S/C49H39NO2/c1-48(2,3)39-17-11-16-34-35-27-28-38-44(47(35)52-46(34)39)36-26-25-33(29-40(36)49(38,4)5)50(32-23-21-31(22-24-32)30-13-7-6-8-14-30)41-18-12-20-43-45(41)37-15-9-10-19-42(37)51-43/h6-29H,1-5H3. The van der Waals surface area contributed by atoms with Gasteiger partial charge in [-0.15, -0.1) is 0 Å². The Bertz CT molecular complexity index is 2850. The van der Waals surface area contributed by atoms with E-state index in [1.807, 2.05) is 6.07 Å². The van der Waals surface area contributed by atoms with E-state index in [1.54, 1.807) is 0 Å². The number of hydrogen-bond acceptors (Lipinski definition) is 3. The van der Waals surface area contributed by atoms with Crippen LogP contribution in [0.5, 0.6) is 0 Å². The first kappa shape index (κ1) is 30.7. The van der Waals surface area contributed by atoms with Crippen molar-refractivity contribution in [2.75, 3.05) is 4.90 Å². The smallest absolute Gasteiger partial charge is 0.143 e. The van der Waals surface area contributed by atoms with Gasteiger partial charge in [0.2, 0.25) is 0 Å². The Morgan fingerprint density at radius 1 is 0.519 bits per heavy atom. The second-order valence-corrected chi connectivity index (χ2v) is 15.8. The molecule has 3 heteroatoms. The van der Waals surface area contributed by atoms with Gasteiger partial charge in [-0.1, -0.05) is 138 Å². The van der Waals surface area contributed by atoms with Crippen LogP contribution in [0, 0.1) is 0 Å². The summed E-state index contributed by atoms with van der Waals surface area (Å²) in [6.45, 7) is 11.5. The molecule has 0 bridgehead atoms. The molecule has 0 radical (unpaired) electrons. The van der Waals surface area contributed by atoms with Gasteiger partial charge >= 0.3 is 0 Å². The summed E-state index contributed by atoms with van der Waals surface area (Å²) < 4.78 is 13.3. The van der Waals surface area contributed by atoms with Crippen LogP contribution in [0.2, 0.25) is 0 Å². The molecule has 0 atom stereocenters. The van der Waals surface area contributed by atoms with Gasteiger partial charge in [0.25, 0.3) is 0 Å². The first-order valence-electron chi connectivity index (χ1n) is 18.2. The van der Waals surface area contributed by atoms with Gasteiger partial charge in [0.05, 0.1) is 11.1 Å². The third-order valence-corrected chi connectivity index (χ3v) is 11.2. The van der Waals surface area contributed by atoms with Crippen LogP contribution in [0.15, 0.2) is 154 Å². The number of anilines is 3. The maximum atomic E-state index is 6.93. The Kier molecular flexibility index (Phi) is 6.48. The molecule has 0 spiro atoms. The van der Waals surface area contributed by atoms with Crippen molar-refractivity contribution < 1.29 is 8.83 Å².